The van der Waals surface area contributed by atoms with E-state index in [1.165, 1.54) is 5.57 Å². The average molecular weight is 1100 g/mol. The third-order valence-corrected chi connectivity index (χ3v) is 17.9. The van der Waals surface area contributed by atoms with Crippen molar-refractivity contribution >= 4 is 17.6 Å². The molecular weight excluding hydrogens is 1010 g/mol. The number of phenols is 1. The molecule has 7 rings (SSSR count). The number of aliphatic hydroxyl groups excluding tert-OH is 4. The van der Waals surface area contributed by atoms with Crippen molar-refractivity contribution in [1.82, 2.24) is 21.3 Å². The minimum Gasteiger partial charge on any atom is -0.508 e. The number of amides is 1. The number of likely N-dealkylation sites (N-methyl/N-ethyl adjacent to an activating group) is 1. The zero-order valence-electron chi connectivity index (χ0n) is 47.8. The monoisotopic (exact) mass is 1100 g/mol. The molecule has 2 aliphatic carbocycles. The minimum absolute atomic E-state index is 0.0304. The van der Waals surface area contributed by atoms with E-state index in [9.17, 15) is 35.4 Å². The van der Waals surface area contributed by atoms with E-state index in [1.54, 1.807) is 31.2 Å². The van der Waals surface area contributed by atoms with Crippen LogP contribution < -0.4 is 38.5 Å². The van der Waals surface area contributed by atoms with E-state index < -0.39 is 71.1 Å². The third kappa shape index (κ3) is 14.3. The molecule has 16 N–H and O–H groups in total. The molecule has 16 nitrogen and oxygen atoms in total. The molecule has 2 saturated carbocycles. The van der Waals surface area contributed by atoms with Gasteiger partial charge in [-0.2, -0.15) is 0 Å². The van der Waals surface area contributed by atoms with Gasteiger partial charge < -0.3 is 63.8 Å². The lowest BCUT2D eigenvalue weighted by atomic mass is 9.52. The van der Waals surface area contributed by atoms with Crippen LogP contribution in [0.15, 0.2) is 130 Å². The van der Waals surface area contributed by atoms with Crippen molar-refractivity contribution in [2.75, 3.05) is 33.3 Å². The third-order valence-electron chi connectivity index (χ3n) is 17.9. The first-order valence-electron chi connectivity index (χ1n) is 28.6. The lowest BCUT2D eigenvalue weighted by Gasteiger charge is -2.56. The Morgan fingerprint density at radius 1 is 0.988 bits per heavy atom. The second-order valence-electron chi connectivity index (χ2n) is 23.6. The van der Waals surface area contributed by atoms with Gasteiger partial charge >= 0.3 is 0 Å². The fourth-order valence-electron chi connectivity index (χ4n) is 13.6. The summed E-state index contributed by atoms with van der Waals surface area (Å²) < 4.78 is 0. The lowest BCUT2D eigenvalue weighted by molar-refractivity contribution is -0.168. The molecule has 13 atom stereocenters. The van der Waals surface area contributed by atoms with Gasteiger partial charge in [0.15, 0.2) is 11.7 Å². The molecule has 434 valence electrons. The fourth-order valence-corrected chi connectivity index (χ4v) is 13.6. The van der Waals surface area contributed by atoms with Crippen LogP contribution in [-0.4, -0.2) is 118 Å². The fraction of sp³-hybridized carbons (Fsp3) is 0.516. The highest BCUT2D eigenvalue weighted by molar-refractivity contribution is 5.98. The van der Waals surface area contributed by atoms with E-state index in [2.05, 4.69) is 59.7 Å². The van der Waals surface area contributed by atoms with Crippen LogP contribution in [0, 0.1) is 23.2 Å². The Morgan fingerprint density at radius 3 is 2.39 bits per heavy atom. The predicted octanol–water partition coefficient (Wildman–Crippen LogP) is 5.38. The summed E-state index contributed by atoms with van der Waals surface area (Å²) in [5.74, 6) is -2.75. The number of aromatic hydroxyl groups is 1. The lowest BCUT2D eigenvalue weighted by Crippen LogP contribution is -2.59. The molecule has 2 bridgehead atoms. The number of guanidine groups is 1. The van der Waals surface area contributed by atoms with Crippen molar-refractivity contribution in [1.29, 1.82) is 0 Å². The summed E-state index contributed by atoms with van der Waals surface area (Å²) in [5.41, 5.74) is 24.2. The molecule has 16 heteroatoms. The summed E-state index contributed by atoms with van der Waals surface area (Å²) in [6.07, 6.45) is 7.38. The normalized spacial score (nSPS) is 29.9. The number of aliphatic hydroxyl groups is 5. The van der Waals surface area contributed by atoms with Crippen LogP contribution in [-0.2, 0) is 28.9 Å². The Hall–Kier alpha value is -5.79. The molecular formula is C64H90N8O8. The Labute approximate surface area is 473 Å². The van der Waals surface area contributed by atoms with Gasteiger partial charge in [0, 0.05) is 55.4 Å². The van der Waals surface area contributed by atoms with Crippen molar-refractivity contribution in [3.63, 3.8) is 0 Å². The highest BCUT2D eigenvalue weighted by Crippen LogP contribution is 2.63. The molecule has 80 heavy (non-hydrogen) atoms. The zero-order chi connectivity index (χ0) is 58.1. The van der Waals surface area contributed by atoms with E-state index in [-0.39, 0.29) is 75.0 Å². The van der Waals surface area contributed by atoms with Gasteiger partial charge in [0.05, 0.1) is 30.5 Å². The molecule has 2 aliphatic heterocycles. The van der Waals surface area contributed by atoms with E-state index in [0.717, 1.165) is 40.8 Å². The molecule has 1 amide bonds. The van der Waals surface area contributed by atoms with Gasteiger partial charge in [-0.3, -0.25) is 19.9 Å². The van der Waals surface area contributed by atoms with Gasteiger partial charge in [-0.1, -0.05) is 96.6 Å². The summed E-state index contributed by atoms with van der Waals surface area (Å²) >= 11 is 0. The van der Waals surface area contributed by atoms with Crippen LogP contribution in [0.2, 0.25) is 0 Å². The average Bonchev–Trinajstić information content (AvgIpc) is 4.00. The molecule has 0 aromatic heterocycles. The number of β-amino-alcohol motifs (C(OH)–C–C–N with tert-alkyl or cyclic N) is 1. The molecule has 0 unspecified atom stereocenters. The smallest absolute Gasteiger partial charge is 0.243 e. The first-order valence-corrected chi connectivity index (χ1v) is 28.6. The number of rotatable bonds is 15. The summed E-state index contributed by atoms with van der Waals surface area (Å²) in [4.78, 5) is 33.7. The standard InChI is InChI=1S/C64H90N8O8/c1-37(2)17-24-54(71-39(4)33-68-7)38(3)11-8-15-45(36-73)49-26-28-64(59(49)78)53-23-22-47(75)30-41-12-9-13-42(29-41)31-51(52(34-70-62(66)67)43-18-20-46(74)21-19-43)56(77)35-69-58-57-44(14-10-16-50(57)60(65)72-61(58)79)32-55(76)40(5)48(53)25-27-63(64,6)80/h8-21,29,39,47,49,51-54,56,58-60,68-69,71,73-75,77-78,80H,3,22-28,30-36,65H2,1-2,4-7H3,(H,72,79)(H4,66,67,70)/b11-8+,45-15-,48-40+/t39-,47-,49+,51+,52+,53+,54-,56+,58+,59+,60+,63+,64+/m0/s1. The SMILES string of the molecule is C=C(/C=C/C=C(/CO)[C@H]1CC[C@@]2([C@@H]3CC[C@H](O)Cc4cccc(c4)C[C@H]([C@H](CN=C(N)N)c4ccc(O)cc4)[C@H](O)CN[C@H]4C(=O)N[C@@H](N)c5cccc(c54)CC(=O)/C(C)=C/3CC[C@@]2(C)O)[C@@H]1O)[C@H](CC=C(C)C)N[C@@H](C)CNC. The van der Waals surface area contributed by atoms with Crippen molar-refractivity contribution in [2.45, 2.75) is 153 Å². The number of ketones is 1. The highest BCUT2D eigenvalue weighted by atomic mass is 16.3. The number of nitrogens with two attached hydrogens (primary N) is 3. The molecule has 3 aromatic carbocycles. The first-order chi connectivity index (χ1) is 38.1. The number of benzene rings is 3. The number of nitrogens with zero attached hydrogens (tertiary/aromatic N) is 1. The number of phenolic OH excluding ortho intramolecular Hbond substituents is 1. The second kappa shape index (κ2) is 27.3. The maximum atomic E-state index is 15.1. The number of allylic oxidation sites excluding steroid dienone is 5. The van der Waals surface area contributed by atoms with Crippen LogP contribution in [0.4, 0.5) is 0 Å². The van der Waals surface area contributed by atoms with Gasteiger partial charge in [0.1, 0.15) is 18.0 Å². The molecule has 1 spiro atoms. The Balaban J connectivity index is 1.29. The summed E-state index contributed by atoms with van der Waals surface area (Å²) in [5, 5.41) is 84.8. The number of hydrogen-bond acceptors (Lipinski definition) is 13. The minimum atomic E-state index is -1.40. The van der Waals surface area contributed by atoms with Gasteiger partial charge in [0.25, 0.3) is 0 Å². The van der Waals surface area contributed by atoms with Gasteiger partial charge in [-0.25, -0.2) is 0 Å². The van der Waals surface area contributed by atoms with Crippen LogP contribution in [0.3, 0.4) is 0 Å². The van der Waals surface area contributed by atoms with E-state index >= 15 is 4.79 Å². The van der Waals surface area contributed by atoms with Gasteiger partial charge in [-0.05, 0) is 174 Å². The maximum Gasteiger partial charge on any atom is 0.243 e. The van der Waals surface area contributed by atoms with E-state index in [4.69, 9.17) is 17.2 Å². The zero-order valence-corrected chi connectivity index (χ0v) is 47.8. The Morgan fingerprint density at radius 2 is 1.70 bits per heavy atom. The quantitative estimate of drug-likeness (QED) is 0.0394. The number of nitrogens with one attached hydrogen (secondary N) is 4. The van der Waals surface area contributed by atoms with E-state index in [1.807, 2.05) is 74.7 Å². The van der Waals surface area contributed by atoms with Crippen LogP contribution in [0.25, 0.3) is 0 Å². The number of carbonyl (C=O) groups excluding carboxylic acids is 2. The molecule has 3 aromatic rings. The molecule has 0 radical (unpaired) electrons. The Bertz CT molecular complexity index is 2820. The van der Waals surface area contributed by atoms with Crippen LogP contribution in [0.1, 0.15) is 131 Å². The van der Waals surface area contributed by atoms with Crippen LogP contribution >= 0.6 is 0 Å². The van der Waals surface area contributed by atoms with Gasteiger partial charge in [0.2, 0.25) is 5.91 Å². The Kier molecular flexibility index (Phi) is 21.1. The maximum absolute atomic E-state index is 15.1. The van der Waals surface area contributed by atoms with Crippen molar-refractivity contribution in [3.8, 4) is 5.75 Å². The van der Waals surface area contributed by atoms with Crippen molar-refractivity contribution < 1.29 is 40.2 Å². The number of Topliss-reactive ketones (excluding diaryl/α,β-unsaturated/α-hetero) is 1. The summed E-state index contributed by atoms with van der Waals surface area (Å²) in [6, 6.07) is 19.2. The first kappa shape index (κ1) is 61.8. The predicted molar refractivity (Wildman–Crippen MR) is 316 cm³/mol. The largest absolute Gasteiger partial charge is 0.508 e. The number of carbonyl (C=O) groups is 2. The van der Waals surface area contributed by atoms with Crippen LogP contribution in [0.5, 0.6) is 5.75 Å². The van der Waals surface area contributed by atoms with E-state index in [0.29, 0.717) is 59.9 Å². The molecule has 4 aliphatic rings. The topological polar surface area (TPSA) is 294 Å². The van der Waals surface area contributed by atoms with Crippen molar-refractivity contribution in [3.05, 3.63) is 159 Å². The number of hydrogen-bond donors (Lipinski definition) is 13. The van der Waals surface area contributed by atoms with Crippen molar-refractivity contribution in [2.24, 2.45) is 45.4 Å². The second-order valence-corrected chi connectivity index (χ2v) is 23.6. The molecule has 2 heterocycles. The number of fused-ring (bicyclic) bond motifs is 4. The summed E-state index contributed by atoms with van der Waals surface area (Å²) in [7, 11) is 1.92. The number of aliphatic imine (C=N–C) groups is 1. The summed E-state index contributed by atoms with van der Waals surface area (Å²) in [6.45, 7) is 14.8. The molecule has 2 fully saturated rings. The molecule has 0 saturated heterocycles. The highest BCUT2D eigenvalue weighted by Gasteiger charge is 2.64. The van der Waals surface area contributed by atoms with Gasteiger partial charge in [-0.15, -0.1) is 0 Å².